The van der Waals surface area contributed by atoms with Crippen molar-refractivity contribution in [2.24, 2.45) is 11.7 Å². The molecule has 0 aliphatic carbocycles. The summed E-state index contributed by atoms with van der Waals surface area (Å²) < 4.78 is 5.07. The van der Waals surface area contributed by atoms with E-state index in [1.165, 1.54) is 7.11 Å². The Bertz CT molecular complexity index is 440. The van der Waals surface area contributed by atoms with Crippen LogP contribution < -0.4 is 5.73 Å². The highest BCUT2D eigenvalue weighted by Crippen LogP contribution is 2.34. The van der Waals surface area contributed by atoms with Crippen molar-refractivity contribution >= 4 is 5.97 Å². The van der Waals surface area contributed by atoms with Crippen LogP contribution in [0.4, 0.5) is 0 Å². The number of carbonyl (C=O) groups is 1. The quantitative estimate of drug-likeness (QED) is 0.779. The van der Waals surface area contributed by atoms with Crippen LogP contribution in [0.25, 0.3) is 0 Å². The van der Waals surface area contributed by atoms with Gasteiger partial charge < -0.3 is 10.5 Å². The molecule has 0 aromatic heterocycles. The minimum atomic E-state index is -0.725. The molecule has 0 saturated carbocycles. The van der Waals surface area contributed by atoms with Crippen molar-refractivity contribution in [3.63, 3.8) is 0 Å². The van der Waals surface area contributed by atoms with Crippen molar-refractivity contribution in [1.82, 2.24) is 0 Å². The fraction of sp³-hybridized carbons (Fsp3) is 0.588. The van der Waals surface area contributed by atoms with Gasteiger partial charge >= 0.3 is 5.97 Å². The molecule has 0 aliphatic heterocycles. The first-order chi connectivity index (χ1) is 9.53. The number of ether oxygens (including phenoxy) is 1. The third-order valence-electron chi connectivity index (χ3n) is 4.29. The lowest BCUT2D eigenvalue weighted by atomic mass is 9.72. The number of carbonyl (C=O) groups excluding carboxylic acids is 1. The van der Waals surface area contributed by atoms with Crippen LogP contribution in [0.2, 0.25) is 0 Å². The summed E-state index contributed by atoms with van der Waals surface area (Å²) in [6.07, 6.45) is 2.83. The smallest absolute Gasteiger partial charge is 0.317 e. The monoisotopic (exact) mass is 277 g/mol. The number of benzene rings is 1. The highest BCUT2D eigenvalue weighted by Gasteiger charge is 2.41. The molecule has 3 nitrogen and oxygen atoms in total. The Morgan fingerprint density at radius 1 is 1.35 bits per heavy atom. The van der Waals surface area contributed by atoms with Crippen LogP contribution in [0.1, 0.15) is 44.2 Å². The largest absolute Gasteiger partial charge is 0.468 e. The van der Waals surface area contributed by atoms with Crippen molar-refractivity contribution in [3.05, 3.63) is 35.4 Å². The van der Waals surface area contributed by atoms with Gasteiger partial charge in [-0.3, -0.25) is 4.79 Å². The van der Waals surface area contributed by atoms with Crippen LogP contribution >= 0.6 is 0 Å². The molecule has 112 valence electrons. The van der Waals surface area contributed by atoms with Crippen LogP contribution in [0.15, 0.2) is 24.3 Å². The number of esters is 1. The molecule has 1 atom stereocenters. The first-order valence-electron chi connectivity index (χ1n) is 7.39. The Kier molecular flexibility index (Phi) is 6.21. The van der Waals surface area contributed by atoms with E-state index >= 15 is 0 Å². The van der Waals surface area contributed by atoms with E-state index in [1.807, 2.05) is 31.2 Å². The zero-order valence-electron chi connectivity index (χ0n) is 13.1. The summed E-state index contributed by atoms with van der Waals surface area (Å²) in [7, 11) is 1.44. The number of rotatable bonds is 7. The molecular formula is C17H27NO2. The van der Waals surface area contributed by atoms with Crippen molar-refractivity contribution in [3.8, 4) is 0 Å². The molecule has 1 aromatic rings. The first-order valence-corrected chi connectivity index (χ1v) is 7.39. The van der Waals surface area contributed by atoms with Crippen LogP contribution in [-0.4, -0.2) is 19.6 Å². The van der Waals surface area contributed by atoms with Crippen molar-refractivity contribution in [2.45, 2.75) is 45.4 Å². The zero-order chi connectivity index (χ0) is 15.2. The molecule has 1 rings (SSSR count). The Morgan fingerprint density at radius 3 is 2.45 bits per heavy atom. The molecule has 1 unspecified atom stereocenters. The van der Waals surface area contributed by atoms with Crippen LogP contribution in [-0.2, 0) is 14.9 Å². The van der Waals surface area contributed by atoms with Crippen molar-refractivity contribution < 1.29 is 9.53 Å². The lowest BCUT2D eigenvalue weighted by Gasteiger charge is -2.33. The number of aryl methyl sites for hydroxylation is 1. The predicted molar refractivity (Wildman–Crippen MR) is 82.6 cm³/mol. The van der Waals surface area contributed by atoms with Crippen LogP contribution in [0.3, 0.4) is 0 Å². The molecule has 1 aromatic carbocycles. The molecule has 20 heavy (non-hydrogen) atoms. The molecular weight excluding hydrogens is 250 g/mol. The van der Waals surface area contributed by atoms with Crippen molar-refractivity contribution in [1.29, 1.82) is 0 Å². The number of nitrogens with two attached hydrogens (primary N) is 1. The highest BCUT2D eigenvalue weighted by molar-refractivity contribution is 5.83. The van der Waals surface area contributed by atoms with Gasteiger partial charge in [0.2, 0.25) is 0 Å². The summed E-state index contributed by atoms with van der Waals surface area (Å²) >= 11 is 0. The molecule has 0 heterocycles. The summed E-state index contributed by atoms with van der Waals surface area (Å²) in [4.78, 5) is 12.4. The molecule has 0 spiro atoms. The Hall–Kier alpha value is -1.35. The second kappa shape index (κ2) is 7.44. The fourth-order valence-corrected chi connectivity index (χ4v) is 2.81. The Balaban J connectivity index is 3.28. The molecule has 3 heteroatoms. The number of methoxy groups -OCH3 is 1. The van der Waals surface area contributed by atoms with Gasteiger partial charge in [0.25, 0.3) is 0 Å². The Morgan fingerprint density at radius 2 is 2.00 bits per heavy atom. The number of hydrogen-bond donors (Lipinski definition) is 1. The number of hydrogen-bond acceptors (Lipinski definition) is 3. The lowest BCUT2D eigenvalue weighted by molar-refractivity contribution is -0.148. The van der Waals surface area contributed by atoms with Crippen LogP contribution in [0, 0.1) is 12.8 Å². The van der Waals surface area contributed by atoms with Gasteiger partial charge in [-0.2, -0.15) is 0 Å². The average Bonchev–Trinajstić information content (AvgIpc) is 2.48. The molecule has 0 aliphatic rings. The third-order valence-corrected chi connectivity index (χ3v) is 4.29. The zero-order valence-corrected chi connectivity index (χ0v) is 13.1. The van der Waals surface area contributed by atoms with E-state index in [0.29, 0.717) is 5.92 Å². The van der Waals surface area contributed by atoms with Gasteiger partial charge in [0, 0.05) is 6.54 Å². The van der Waals surface area contributed by atoms with E-state index < -0.39 is 5.41 Å². The standard InChI is InChI=1S/C17H27NO2/c1-5-14(6-2)11-17(12-18,16(19)20-4)15-9-7-8-13(3)10-15/h7-10,14H,5-6,11-12,18H2,1-4H3. The Labute approximate surface area is 122 Å². The summed E-state index contributed by atoms with van der Waals surface area (Å²) in [6.45, 7) is 6.62. The van der Waals surface area contributed by atoms with E-state index in [-0.39, 0.29) is 12.5 Å². The van der Waals surface area contributed by atoms with E-state index in [1.54, 1.807) is 0 Å². The van der Waals surface area contributed by atoms with Crippen molar-refractivity contribution in [2.75, 3.05) is 13.7 Å². The van der Waals surface area contributed by atoms with Crippen LogP contribution in [0.5, 0.6) is 0 Å². The van der Waals surface area contributed by atoms with Gasteiger partial charge in [0.15, 0.2) is 0 Å². The molecule has 2 N–H and O–H groups in total. The molecule has 0 bridgehead atoms. The second-order valence-electron chi connectivity index (χ2n) is 5.53. The maximum atomic E-state index is 12.4. The first kappa shape index (κ1) is 16.7. The van der Waals surface area contributed by atoms with Gasteiger partial charge in [-0.05, 0) is 24.8 Å². The van der Waals surface area contributed by atoms with Gasteiger partial charge in [-0.25, -0.2) is 0 Å². The van der Waals surface area contributed by atoms with Gasteiger partial charge in [-0.15, -0.1) is 0 Å². The summed E-state index contributed by atoms with van der Waals surface area (Å²) in [5, 5.41) is 0. The minimum absolute atomic E-state index is 0.225. The molecule has 0 amide bonds. The molecule has 0 radical (unpaired) electrons. The lowest BCUT2D eigenvalue weighted by Crippen LogP contribution is -2.45. The van der Waals surface area contributed by atoms with Gasteiger partial charge in [0.1, 0.15) is 5.41 Å². The third kappa shape index (κ3) is 3.40. The maximum absolute atomic E-state index is 12.4. The van der Waals surface area contributed by atoms with E-state index in [0.717, 1.165) is 30.4 Å². The van der Waals surface area contributed by atoms with E-state index in [2.05, 4.69) is 13.8 Å². The maximum Gasteiger partial charge on any atom is 0.317 e. The van der Waals surface area contributed by atoms with Gasteiger partial charge in [-0.1, -0.05) is 56.5 Å². The topological polar surface area (TPSA) is 52.3 Å². The molecule has 0 fully saturated rings. The second-order valence-corrected chi connectivity index (χ2v) is 5.53. The fourth-order valence-electron chi connectivity index (χ4n) is 2.81. The highest BCUT2D eigenvalue weighted by atomic mass is 16.5. The predicted octanol–water partition coefficient (Wildman–Crippen LogP) is 3.19. The summed E-state index contributed by atoms with van der Waals surface area (Å²) in [6, 6.07) is 8.04. The van der Waals surface area contributed by atoms with Gasteiger partial charge in [0.05, 0.1) is 7.11 Å². The normalized spacial score (nSPS) is 14.1. The van der Waals surface area contributed by atoms with E-state index in [9.17, 15) is 4.79 Å². The minimum Gasteiger partial charge on any atom is -0.468 e. The average molecular weight is 277 g/mol. The summed E-state index contributed by atoms with van der Waals surface area (Å²) in [5.74, 6) is 0.246. The van der Waals surface area contributed by atoms with E-state index in [4.69, 9.17) is 10.5 Å². The molecule has 0 saturated heterocycles. The SMILES string of the molecule is CCC(CC)CC(CN)(C(=O)OC)c1cccc(C)c1. The summed E-state index contributed by atoms with van der Waals surface area (Å²) in [5.41, 5.74) is 7.40.